The van der Waals surface area contributed by atoms with E-state index < -0.39 is 7.60 Å². The molecule has 0 unspecified atom stereocenters. The minimum atomic E-state index is -3.39. The van der Waals surface area contributed by atoms with Crippen molar-refractivity contribution in [3.05, 3.63) is 48.0 Å². The minimum Gasteiger partial charge on any atom is -0.415 e. The van der Waals surface area contributed by atoms with Crippen LogP contribution in [-0.2, 0) is 17.8 Å². The van der Waals surface area contributed by atoms with Gasteiger partial charge in [0.1, 0.15) is 11.5 Å². The van der Waals surface area contributed by atoms with Crippen molar-refractivity contribution in [3.63, 3.8) is 0 Å². The third kappa shape index (κ3) is 4.53. The SMILES string of the molecule is CP(=O)(Oc1ccc(CO)nc1)Oc1ccc(CO)nc1. The highest BCUT2D eigenvalue weighted by Gasteiger charge is 2.21. The Hall–Kier alpha value is -1.95. The normalized spacial score (nSPS) is 11.2. The molecule has 0 amide bonds. The van der Waals surface area contributed by atoms with Crippen LogP contribution in [0.4, 0.5) is 0 Å². The van der Waals surface area contributed by atoms with Gasteiger partial charge >= 0.3 is 7.60 Å². The molecule has 112 valence electrons. The van der Waals surface area contributed by atoms with E-state index in [1.807, 2.05) is 0 Å². The van der Waals surface area contributed by atoms with Crippen LogP contribution in [0.2, 0.25) is 0 Å². The van der Waals surface area contributed by atoms with Crippen molar-refractivity contribution in [2.24, 2.45) is 0 Å². The fourth-order valence-corrected chi connectivity index (χ4v) is 2.54. The van der Waals surface area contributed by atoms with E-state index in [1.54, 1.807) is 24.3 Å². The van der Waals surface area contributed by atoms with Gasteiger partial charge in [-0.1, -0.05) is 0 Å². The molecule has 0 fully saturated rings. The van der Waals surface area contributed by atoms with E-state index in [-0.39, 0.29) is 24.7 Å². The number of hydrogen-bond donors (Lipinski definition) is 2. The van der Waals surface area contributed by atoms with E-state index in [2.05, 4.69) is 9.97 Å². The molecule has 0 saturated carbocycles. The molecule has 2 rings (SSSR count). The Morgan fingerprint density at radius 1 is 0.952 bits per heavy atom. The number of rotatable bonds is 6. The van der Waals surface area contributed by atoms with E-state index in [1.165, 1.54) is 19.1 Å². The molecule has 0 radical (unpaired) electrons. The fourth-order valence-electron chi connectivity index (χ4n) is 1.52. The van der Waals surface area contributed by atoms with Crippen molar-refractivity contribution >= 4 is 7.60 Å². The summed E-state index contributed by atoms with van der Waals surface area (Å²) in [5, 5.41) is 17.8. The first-order valence-corrected chi connectivity index (χ1v) is 8.09. The van der Waals surface area contributed by atoms with Crippen LogP contribution >= 0.6 is 7.60 Å². The molecule has 8 heteroatoms. The number of pyridine rings is 2. The first-order chi connectivity index (χ1) is 10.0. The zero-order chi connectivity index (χ0) is 15.3. The Morgan fingerprint density at radius 2 is 1.38 bits per heavy atom. The van der Waals surface area contributed by atoms with Crippen LogP contribution in [0, 0.1) is 0 Å². The monoisotopic (exact) mass is 310 g/mol. The van der Waals surface area contributed by atoms with Gasteiger partial charge in [0.2, 0.25) is 0 Å². The van der Waals surface area contributed by atoms with Gasteiger partial charge < -0.3 is 19.3 Å². The van der Waals surface area contributed by atoms with Crippen LogP contribution in [0.1, 0.15) is 11.4 Å². The van der Waals surface area contributed by atoms with Gasteiger partial charge in [-0.15, -0.1) is 0 Å². The standard InChI is InChI=1S/C13H15N2O5P/c1-21(18,19-12-4-2-10(8-16)14-6-12)20-13-5-3-11(9-17)15-7-13/h2-7,16-17H,8-9H2,1H3. The van der Waals surface area contributed by atoms with Gasteiger partial charge in [-0.25, -0.2) is 4.57 Å². The van der Waals surface area contributed by atoms with Crippen LogP contribution in [-0.4, -0.2) is 26.8 Å². The van der Waals surface area contributed by atoms with E-state index in [0.29, 0.717) is 11.4 Å². The molecule has 0 aromatic carbocycles. The molecule has 2 N–H and O–H groups in total. The highest BCUT2D eigenvalue weighted by atomic mass is 31.2. The summed E-state index contributed by atoms with van der Waals surface area (Å²) in [5.74, 6) is 0.552. The maximum Gasteiger partial charge on any atom is 0.427 e. The zero-order valence-electron chi connectivity index (χ0n) is 11.3. The number of nitrogens with zero attached hydrogens (tertiary/aromatic N) is 2. The number of aromatic nitrogens is 2. The van der Waals surface area contributed by atoms with Gasteiger partial charge in [0.15, 0.2) is 0 Å². The third-order valence-corrected chi connectivity index (χ3v) is 3.55. The fraction of sp³-hybridized carbons (Fsp3) is 0.231. The summed E-state index contributed by atoms with van der Waals surface area (Å²) < 4.78 is 22.8. The summed E-state index contributed by atoms with van der Waals surface area (Å²) in [5.41, 5.74) is 0.969. The Bertz CT molecular complexity index is 577. The molecule has 0 aliphatic heterocycles. The van der Waals surface area contributed by atoms with Crippen molar-refractivity contribution in [1.82, 2.24) is 9.97 Å². The summed E-state index contributed by atoms with van der Waals surface area (Å²) >= 11 is 0. The first-order valence-electron chi connectivity index (χ1n) is 6.11. The average molecular weight is 310 g/mol. The van der Waals surface area contributed by atoms with Crippen LogP contribution < -0.4 is 9.05 Å². The van der Waals surface area contributed by atoms with Crippen molar-refractivity contribution in [1.29, 1.82) is 0 Å². The second-order valence-corrected chi connectivity index (χ2v) is 6.15. The first kappa shape index (κ1) is 15.4. The molecule has 2 aromatic heterocycles. The molecular weight excluding hydrogens is 295 g/mol. The minimum absolute atomic E-state index is 0.177. The molecule has 2 heterocycles. The highest BCUT2D eigenvalue weighted by Crippen LogP contribution is 2.44. The molecule has 0 aliphatic carbocycles. The number of aliphatic hydroxyl groups is 2. The largest absolute Gasteiger partial charge is 0.427 e. The van der Waals surface area contributed by atoms with E-state index in [9.17, 15) is 4.57 Å². The second-order valence-electron chi connectivity index (χ2n) is 4.24. The molecule has 0 bridgehead atoms. The van der Waals surface area contributed by atoms with Gasteiger partial charge in [-0.3, -0.25) is 9.97 Å². The summed E-state index contributed by atoms with van der Waals surface area (Å²) in [6, 6.07) is 6.22. The van der Waals surface area contributed by atoms with E-state index in [4.69, 9.17) is 19.3 Å². The predicted octanol–water partition coefficient (Wildman–Crippen LogP) is 1.74. The molecule has 21 heavy (non-hydrogen) atoms. The maximum atomic E-state index is 12.3. The lowest BCUT2D eigenvalue weighted by Crippen LogP contribution is -2.01. The van der Waals surface area contributed by atoms with Crippen LogP contribution in [0.3, 0.4) is 0 Å². The van der Waals surface area contributed by atoms with Gasteiger partial charge in [0, 0.05) is 0 Å². The van der Waals surface area contributed by atoms with Crippen LogP contribution in [0.15, 0.2) is 36.7 Å². The van der Waals surface area contributed by atoms with Gasteiger partial charge in [0.25, 0.3) is 0 Å². The summed E-state index contributed by atoms with van der Waals surface area (Å²) in [4.78, 5) is 7.84. The summed E-state index contributed by atoms with van der Waals surface area (Å²) in [7, 11) is -3.39. The van der Waals surface area contributed by atoms with E-state index >= 15 is 0 Å². The average Bonchev–Trinajstić information content (AvgIpc) is 2.48. The Balaban J connectivity index is 2.04. The molecule has 7 nitrogen and oxygen atoms in total. The van der Waals surface area contributed by atoms with Gasteiger partial charge in [0.05, 0.1) is 43.7 Å². The molecule has 0 saturated heterocycles. The topological polar surface area (TPSA) is 102 Å². The second kappa shape index (κ2) is 6.67. The smallest absolute Gasteiger partial charge is 0.415 e. The maximum absolute atomic E-state index is 12.3. The number of hydrogen-bond acceptors (Lipinski definition) is 7. The summed E-state index contributed by atoms with van der Waals surface area (Å²) in [6.07, 6.45) is 2.72. The predicted molar refractivity (Wildman–Crippen MR) is 75.1 cm³/mol. The lowest BCUT2D eigenvalue weighted by atomic mass is 10.3. The van der Waals surface area contributed by atoms with E-state index in [0.717, 1.165) is 0 Å². The summed E-state index contributed by atoms with van der Waals surface area (Å²) in [6.45, 7) is 0.972. The number of aliphatic hydroxyl groups excluding tert-OH is 2. The Labute approximate surface area is 121 Å². The third-order valence-electron chi connectivity index (χ3n) is 2.46. The van der Waals surface area contributed by atoms with Gasteiger partial charge in [-0.05, 0) is 24.3 Å². The molecule has 0 atom stereocenters. The zero-order valence-corrected chi connectivity index (χ0v) is 12.2. The lowest BCUT2D eigenvalue weighted by Gasteiger charge is -2.16. The molecular formula is C13H15N2O5P. The quantitative estimate of drug-likeness (QED) is 0.783. The molecule has 2 aromatic rings. The Morgan fingerprint density at radius 3 is 1.67 bits per heavy atom. The van der Waals surface area contributed by atoms with Crippen molar-refractivity contribution in [3.8, 4) is 11.5 Å². The van der Waals surface area contributed by atoms with Crippen LogP contribution in [0.5, 0.6) is 11.5 Å². The van der Waals surface area contributed by atoms with Crippen molar-refractivity contribution in [2.75, 3.05) is 6.66 Å². The molecule has 0 spiro atoms. The van der Waals surface area contributed by atoms with Gasteiger partial charge in [-0.2, -0.15) is 0 Å². The molecule has 0 aliphatic rings. The lowest BCUT2D eigenvalue weighted by molar-refractivity contribution is 0.276. The van der Waals surface area contributed by atoms with Crippen molar-refractivity contribution < 1.29 is 23.8 Å². The van der Waals surface area contributed by atoms with Crippen LogP contribution in [0.25, 0.3) is 0 Å². The highest BCUT2D eigenvalue weighted by molar-refractivity contribution is 7.53. The van der Waals surface area contributed by atoms with Crippen molar-refractivity contribution in [2.45, 2.75) is 13.2 Å². The Kier molecular flexibility index (Phi) is 4.90.